The molecule has 66 valence electrons. The van der Waals surface area contributed by atoms with Crippen LogP contribution in [-0.4, -0.2) is 16.8 Å². The molecule has 12 heavy (non-hydrogen) atoms. The lowest BCUT2D eigenvalue weighted by molar-refractivity contribution is -0.0398. The van der Waals surface area contributed by atoms with Crippen LogP contribution < -0.4 is 4.74 Å². The van der Waals surface area contributed by atoms with E-state index in [0.717, 1.165) is 17.0 Å². The van der Waals surface area contributed by atoms with Crippen molar-refractivity contribution in [2.24, 2.45) is 0 Å². The van der Waals surface area contributed by atoms with Crippen LogP contribution in [0.25, 0.3) is 0 Å². The molecule has 0 aliphatic carbocycles. The number of hydrogen-bond donors (Lipinski definition) is 1. The average molecular weight is 184 g/mol. The molecular formula is C9H12O2S. The smallest absolute Gasteiger partial charge is 0.134 e. The summed E-state index contributed by atoms with van der Waals surface area (Å²) in [5.74, 6) is 0.940. The molecule has 1 aliphatic heterocycles. The fourth-order valence-corrected chi connectivity index (χ4v) is 2.18. The van der Waals surface area contributed by atoms with Crippen molar-refractivity contribution in [1.29, 1.82) is 0 Å². The quantitative estimate of drug-likeness (QED) is 0.666. The van der Waals surface area contributed by atoms with Crippen molar-refractivity contribution >= 4 is 11.3 Å². The molecule has 1 N–H and O–H groups in total. The Morgan fingerprint density at radius 2 is 2.42 bits per heavy atom. The van der Waals surface area contributed by atoms with Crippen molar-refractivity contribution in [3.05, 3.63) is 16.3 Å². The second-order valence-corrected chi connectivity index (χ2v) is 4.63. The van der Waals surface area contributed by atoms with Gasteiger partial charge in [0.2, 0.25) is 0 Å². The van der Waals surface area contributed by atoms with Gasteiger partial charge in [0.15, 0.2) is 0 Å². The van der Waals surface area contributed by atoms with Gasteiger partial charge in [-0.05, 0) is 25.3 Å². The van der Waals surface area contributed by atoms with E-state index in [4.69, 9.17) is 4.74 Å². The Balaban J connectivity index is 2.35. The van der Waals surface area contributed by atoms with Gasteiger partial charge in [0.25, 0.3) is 0 Å². The number of aliphatic hydroxyl groups is 1. The Kier molecular flexibility index (Phi) is 1.66. The van der Waals surface area contributed by atoms with Crippen LogP contribution in [0.5, 0.6) is 5.75 Å². The molecule has 0 saturated heterocycles. The van der Waals surface area contributed by atoms with Crippen LogP contribution in [0.2, 0.25) is 0 Å². The highest BCUT2D eigenvalue weighted by molar-refractivity contribution is 7.10. The third kappa shape index (κ3) is 1.13. The number of ether oxygens (including phenoxy) is 1. The maximum atomic E-state index is 9.68. The molecule has 1 unspecified atom stereocenters. The minimum atomic E-state index is -0.436. The van der Waals surface area contributed by atoms with Crippen LogP contribution in [-0.2, 0) is 6.42 Å². The normalized spacial score (nSPS) is 26.1. The second kappa shape index (κ2) is 2.47. The van der Waals surface area contributed by atoms with Gasteiger partial charge in [0.05, 0.1) is 6.10 Å². The maximum absolute atomic E-state index is 9.68. The number of thiophene rings is 1. The molecule has 2 rings (SSSR count). The monoisotopic (exact) mass is 184 g/mol. The van der Waals surface area contributed by atoms with E-state index in [2.05, 4.69) is 0 Å². The van der Waals surface area contributed by atoms with E-state index in [1.54, 1.807) is 11.3 Å². The summed E-state index contributed by atoms with van der Waals surface area (Å²) in [7, 11) is 0. The molecule has 1 aromatic heterocycles. The van der Waals surface area contributed by atoms with Gasteiger partial charge >= 0.3 is 0 Å². The molecule has 2 heterocycles. The van der Waals surface area contributed by atoms with Gasteiger partial charge in [-0.2, -0.15) is 0 Å². The summed E-state index contributed by atoms with van der Waals surface area (Å²) >= 11 is 1.64. The fraction of sp³-hybridized carbons (Fsp3) is 0.556. The van der Waals surface area contributed by atoms with Crippen LogP contribution in [0.15, 0.2) is 11.4 Å². The Morgan fingerprint density at radius 3 is 3.17 bits per heavy atom. The first kappa shape index (κ1) is 8.08. The fourth-order valence-electron chi connectivity index (χ4n) is 1.34. The summed E-state index contributed by atoms with van der Waals surface area (Å²) in [6.07, 6.45) is 0.337. The highest BCUT2D eigenvalue weighted by Gasteiger charge is 2.35. The summed E-state index contributed by atoms with van der Waals surface area (Å²) in [4.78, 5) is 1.15. The van der Waals surface area contributed by atoms with Crippen molar-refractivity contribution in [3.8, 4) is 5.75 Å². The van der Waals surface area contributed by atoms with E-state index in [-0.39, 0.29) is 6.10 Å². The topological polar surface area (TPSA) is 29.5 Å². The standard InChI is InChI=1S/C9H12O2S/c1-9(2)8(10)5-7-6(11-9)3-4-12-7/h3-4,8,10H,5H2,1-2H3. The lowest BCUT2D eigenvalue weighted by Crippen LogP contribution is -2.45. The van der Waals surface area contributed by atoms with Gasteiger partial charge in [-0.1, -0.05) is 0 Å². The molecule has 1 aromatic rings. The molecule has 2 nitrogen and oxygen atoms in total. The molecule has 3 heteroatoms. The van der Waals surface area contributed by atoms with Crippen LogP contribution >= 0.6 is 11.3 Å². The molecule has 0 aromatic carbocycles. The summed E-state index contributed by atoms with van der Waals surface area (Å²) in [6, 6.07) is 1.97. The van der Waals surface area contributed by atoms with Crippen molar-refractivity contribution in [2.75, 3.05) is 0 Å². The summed E-state index contributed by atoms with van der Waals surface area (Å²) < 4.78 is 5.63. The predicted octanol–water partition coefficient (Wildman–Crippen LogP) is 1.82. The number of aliphatic hydroxyl groups excluding tert-OH is 1. The zero-order valence-electron chi connectivity index (χ0n) is 7.20. The lowest BCUT2D eigenvalue weighted by atomic mass is 9.95. The van der Waals surface area contributed by atoms with Crippen LogP contribution in [0.4, 0.5) is 0 Å². The molecular weight excluding hydrogens is 172 g/mol. The largest absolute Gasteiger partial charge is 0.484 e. The van der Waals surface area contributed by atoms with E-state index in [9.17, 15) is 5.11 Å². The minimum absolute atomic E-state index is 0.386. The van der Waals surface area contributed by atoms with Gasteiger partial charge < -0.3 is 9.84 Å². The predicted molar refractivity (Wildman–Crippen MR) is 48.7 cm³/mol. The summed E-state index contributed by atoms with van der Waals surface area (Å²) in [6.45, 7) is 3.83. The third-order valence-corrected chi connectivity index (χ3v) is 3.18. The Hall–Kier alpha value is -0.540. The van der Waals surface area contributed by atoms with Crippen LogP contribution in [0.1, 0.15) is 18.7 Å². The zero-order valence-corrected chi connectivity index (χ0v) is 8.02. The van der Waals surface area contributed by atoms with Gasteiger partial charge in [0.1, 0.15) is 11.4 Å². The van der Waals surface area contributed by atoms with E-state index < -0.39 is 5.60 Å². The highest BCUT2D eigenvalue weighted by Crippen LogP contribution is 2.36. The SMILES string of the molecule is CC1(C)Oc2ccsc2CC1O. The lowest BCUT2D eigenvalue weighted by Gasteiger charge is -2.35. The van der Waals surface area contributed by atoms with Crippen molar-refractivity contribution in [2.45, 2.75) is 32.0 Å². The van der Waals surface area contributed by atoms with Crippen LogP contribution in [0, 0.1) is 0 Å². The minimum Gasteiger partial charge on any atom is -0.484 e. The van der Waals surface area contributed by atoms with Gasteiger partial charge in [-0.15, -0.1) is 11.3 Å². The number of hydrogen-bond acceptors (Lipinski definition) is 3. The molecule has 0 spiro atoms. The van der Waals surface area contributed by atoms with E-state index >= 15 is 0 Å². The van der Waals surface area contributed by atoms with Crippen LogP contribution in [0.3, 0.4) is 0 Å². The second-order valence-electron chi connectivity index (χ2n) is 3.63. The molecule has 1 atom stereocenters. The molecule has 1 aliphatic rings. The maximum Gasteiger partial charge on any atom is 0.134 e. The summed E-state index contributed by atoms with van der Waals surface area (Å²) in [5.41, 5.74) is -0.436. The average Bonchev–Trinajstić information content (AvgIpc) is 2.35. The molecule has 0 fully saturated rings. The van der Waals surface area contributed by atoms with Crippen molar-refractivity contribution in [3.63, 3.8) is 0 Å². The van der Waals surface area contributed by atoms with E-state index in [1.165, 1.54) is 0 Å². The molecule has 0 amide bonds. The van der Waals surface area contributed by atoms with Crippen molar-refractivity contribution < 1.29 is 9.84 Å². The summed E-state index contributed by atoms with van der Waals surface area (Å²) in [5, 5.41) is 11.7. The third-order valence-electron chi connectivity index (χ3n) is 2.26. The van der Waals surface area contributed by atoms with Gasteiger partial charge in [-0.3, -0.25) is 0 Å². The Labute approximate surface area is 75.8 Å². The first-order valence-corrected chi connectivity index (χ1v) is 4.91. The Morgan fingerprint density at radius 1 is 1.67 bits per heavy atom. The molecule has 0 saturated carbocycles. The number of rotatable bonds is 0. The van der Waals surface area contributed by atoms with Gasteiger partial charge in [0, 0.05) is 11.3 Å². The highest BCUT2D eigenvalue weighted by atomic mass is 32.1. The van der Waals surface area contributed by atoms with Crippen molar-refractivity contribution in [1.82, 2.24) is 0 Å². The van der Waals surface area contributed by atoms with Gasteiger partial charge in [-0.25, -0.2) is 0 Å². The Bertz CT molecular complexity index is 290. The van der Waals surface area contributed by atoms with E-state index in [1.807, 2.05) is 25.3 Å². The first-order chi connectivity index (χ1) is 5.59. The zero-order chi connectivity index (χ0) is 8.77. The molecule has 0 bridgehead atoms. The molecule has 0 radical (unpaired) electrons. The first-order valence-electron chi connectivity index (χ1n) is 4.03. The number of fused-ring (bicyclic) bond motifs is 1. The van der Waals surface area contributed by atoms with E-state index in [0.29, 0.717) is 0 Å².